The molecular formula is C28H27ClFN5O3. The van der Waals surface area contributed by atoms with Crippen molar-refractivity contribution in [3.05, 3.63) is 95.4 Å². The smallest absolute Gasteiger partial charge is 0.229 e. The van der Waals surface area contributed by atoms with Gasteiger partial charge in [-0.2, -0.15) is 4.98 Å². The highest BCUT2D eigenvalue weighted by molar-refractivity contribution is 6.30. The first-order valence-electron chi connectivity index (χ1n) is 11.9. The third-order valence-electron chi connectivity index (χ3n) is 5.35. The van der Waals surface area contributed by atoms with E-state index in [1.165, 1.54) is 0 Å². The van der Waals surface area contributed by atoms with Gasteiger partial charge >= 0.3 is 0 Å². The predicted molar refractivity (Wildman–Crippen MR) is 147 cm³/mol. The molecule has 0 fully saturated rings. The average molecular weight is 536 g/mol. The molecule has 10 heteroatoms. The summed E-state index contributed by atoms with van der Waals surface area (Å²) in [6, 6.07) is 21.6. The lowest BCUT2D eigenvalue weighted by atomic mass is 10.1. The van der Waals surface area contributed by atoms with Crippen molar-refractivity contribution in [3.63, 3.8) is 0 Å². The molecule has 0 spiro atoms. The second-order valence-corrected chi connectivity index (χ2v) is 8.70. The van der Waals surface area contributed by atoms with Gasteiger partial charge in [0.1, 0.15) is 12.4 Å². The maximum absolute atomic E-state index is 14.5. The monoisotopic (exact) mass is 535 g/mol. The number of aromatic nitrogens is 2. The second-order valence-electron chi connectivity index (χ2n) is 8.26. The van der Waals surface area contributed by atoms with Crippen LogP contribution in [0.2, 0.25) is 5.02 Å². The number of aryl methyl sites for hydroxylation is 1. The molecular weight excluding hydrogens is 509 g/mol. The molecule has 0 aliphatic carbocycles. The van der Waals surface area contributed by atoms with Gasteiger partial charge in [0.25, 0.3) is 0 Å². The second kappa shape index (κ2) is 13.4. The predicted octanol–water partition coefficient (Wildman–Crippen LogP) is 6.35. The molecule has 0 saturated heterocycles. The fraction of sp³-hybridized carbons (Fsp3) is 0.179. The molecule has 3 N–H and O–H groups in total. The van der Waals surface area contributed by atoms with Gasteiger partial charge in [-0.3, -0.25) is 4.79 Å². The van der Waals surface area contributed by atoms with Gasteiger partial charge in [0, 0.05) is 35.6 Å². The maximum Gasteiger partial charge on any atom is 0.229 e. The van der Waals surface area contributed by atoms with Crippen LogP contribution in [0, 0.1) is 5.82 Å². The molecule has 38 heavy (non-hydrogen) atoms. The van der Waals surface area contributed by atoms with Gasteiger partial charge in [-0.15, -0.1) is 0 Å². The lowest BCUT2D eigenvalue weighted by Crippen LogP contribution is -2.12. The summed E-state index contributed by atoms with van der Waals surface area (Å²) >= 11 is 6.00. The zero-order chi connectivity index (χ0) is 26.7. The minimum Gasteiger partial charge on any atom is -0.491 e. The van der Waals surface area contributed by atoms with Crippen LogP contribution in [0.4, 0.5) is 33.2 Å². The number of amides is 1. The number of hydrogen-bond acceptors (Lipinski definition) is 7. The minimum atomic E-state index is -0.617. The molecule has 196 valence electrons. The molecule has 0 aliphatic rings. The number of benzene rings is 3. The van der Waals surface area contributed by atoms with Crippen molar-refractivity contribution in [2.24, 2.45) is 0 Å². The molecule has 0 aliphatic heterocycles. The molecule has 4 aromatic rings. The normalized spacial score (nSPS) is 10.6. The lowest BCUT2D eigenvalue weighted by molar-refractivity contribution is -0.116. The van der Waals surface area contributed by atoms with Gasteiger partial charge < -0.3 is 25.4 Å². The number of halogens is 2. The quantitative estimate of drug-likeness (QED) is 0.182. The van der Waals surface area contributed by atoms with Crippen LogP contribution in [0.5, 0.6) is 5.75 Å². The lowest BCUT2D eigenvalue weighted by Gasteiger charge is -2.12. The summed E-state index contributed by atoms with van der Waals surface area (Å²) in [6.45, 7) is 0.950. The van der Waals surface area contributed by atoms with E-state index in [0.717, 1.165) is 11.8 Å². The third kappa shape index (κ3) is 8.16. The highest BCUT2D eigenvalue weighted by Crippen LogP contribution is 2.24. The molecule has 3 aromatic carbocycles. The van der Waals surface area contributed by atoms with Gasteiger partial charge in [0.05, 0.1) is 12.8 Å². The Kier molecular flexibility index (Phi) is 9.44. The van der Waals surface area contributed by atoms with E-state index < -0.39 is 5.82 Å². The number of carbonyl (C=O) groups is 1. The largest absolute Gasteiger partial charge is 0.491 e. The van der Waals surface area contributed by atoms with Gasteiger partial charge in [-0.05, 0) is 66.6 Å². The van der Waals surface area contributed by atoms with Crippen LogP contribution in [0.25, 0.3) is 0 Å². The van der Waals surface area contributed by atoms with Crippen LogP contribution in [0.1, 0.15) is 12.0 Å². The third-order valence-corrected chi connectivity index (χ3v) is 5.58. The van der Waals surface area contributed by atoms with Crippen LogP contribution in [0.3, 0.4) is 0 Å². The van der Waals surface area contributed by atoms with Crippen molar-refractivity contribution >= 4 is 46.3 Å². The minimum absolute atomic E-state index is 0.00791. The molecule has 1 aromatic heterocycles. The molecule has 0 unspecified atom stereocenters. The molecule has 0 saturated carbocycles. The summed E-state index contributed by atoms with van der Waals surface area (Å²) in [5.41, 5.74) is 2.83. The first-order valence-corrected chi connectivity index (χ1v) is 12.3. The summed E-state index contributed by atoms with van der Waals surface area (Å²) in [7, 11) is 1.61. The Hall–Kier alpha value is -4.21. The highest BCUT2D eigenvalue weighted by Gasteiger charge is 2.10. The number of anilines is 5. The number of hydrogen-bond donors (Lipinski definition) is 3. The van der Waals surface area contributed by atoms with E-state index in [1.807, 2.05) is 18.2 Å². The average Bonchev–Trinajstić information content (AvgIpc) is 2.91. The standard InChI is InChI=1S/C28H27ClFN5O3/c1-37-14-15-38-24-11-9-21(10-12-24)34-28-31-18-25(30)27(35-28)33-23-7-3-6-22(17-23)32-26(36)13-8-19-4-2-5-20(29)16-19/h2-7,9-12,16-18H,8,13-15H2,1H3,(H,32,36)(H2,31,33,34,35). The van der Waals surface area contributed by atoms with Gasteiger partial charge in [0.2, 0.25) is 11.9 Å². The molecule has 1 heterocycles. The zero-order valence-corrected chi connectivity index (χ0v) is 21.5. The van der Waals surface area contributed by atoms with Crippen molar-refractivity contribution in [3.8, 4) is 5.75 Å². The first kappa shape index (κ1) is 26.8. The SMILES string of the molecule is COCCOc1ccc(Nc2ncc(F)c(Nc3cccc(NC(=O)CCc4cccc(Cl)c4)c3)n2)cc1. The van der Waals surface area contributed by atoms with Crippen LogP contribution in [-0.2, 0) is 16.0 Å². The Morgan fingerprint density at radius 3 is 2.53 bits per heavy atom. The van der Waals surface area contributed by atoms with E-state index in [2.05, 4.69) is 25.9 Å². The molecule has 0 atom stereocenters. The Labute approximate surface area is 225 Å². The fourth-order valence-electron chi connectivity index (χ4n) is 3.51. The van der Waals surface area contributed by atoms with Crippen molar-refractivity contribution in [1.82, 2.24) is 9.97 Å². The van der Waals surface area contributed by atoms with E-state index in [1.54, 1.807) is 61.7 Å². The number of rotatable bonds is 12. The number of nitrogens with zero attached hydrogens (tertiary/aromatic N) is 2. The van der Waals surface area contributed by atoms with Crippen LogP contribution < -0.4 is 20.7 Å². The summed E-state index contributed by atoms with van der Waals surface area (Å²) < 4.78 is 25.0. The molecule has 8 nitrogen and oxygen atoms in total. The fourth-order valence-corrected chi connectivity index (χ4v) is 3.72. The van der Waals surface area contributed by atoms with Crippen molar-refractivity contribution in [2.75, 3.05) is 36.3 Å². The first-order chi connectivity index (χ1) is 18.5. The Balaban J connectivity index is 1.35. The van der Waals surface area contributed by atoms with E-state index >= 15 is 0 Å². The van der Waals surface area contributed by atoms with Crippen LogP contribution in [0.15, 0.2) is 79.0 Å². The Morgan fingerprint density at radius 1 is 0.947 bits per heavy atom. The van der Waals surface area contributed by atoms with Crippen molar-refractivity contribution in [2.45, 2.75) is 12.8 Å². The summed E-state index contributed by atoms with van der Waals surface area (Å²) in [6.07, 6.45) is 1.95. The topological polar surface area (TPSA) is 97.4 Å². The maximum atomic E-state index is 14.5. The van der Waals surface area contributed by atoms with Crippen LogP contribution in [-0.4, -0.2) is 36.2 Å². The number of nitrogens with one attached hydrogen (secondary N) is 3. The van der Waals surface area contributed by atoms with Gasteiger partial charge in [-0.25, -0.2) is 9.37 Å². The molecule has 4 rings (SSSR count). The summed E-state index contributed by atoms with van der Waals surface area (Å²) in [5, 5.41) is 9.50. The number of ether oxygens (including phenoxy) is 2. The zero-order valence-electron chi connectivity index (χ0n) is 20.7. The van der Waals surface area contributed by atoms with Gasteiger partial charge in [0.15, 0.2) is 11.6 Å². The number of methoxy groups -OCH3 is 1. The molecule has 1 amide bonds. The molecule has 0 radical (unpaired) electrons. The van der Waals surface area contributed by atoms with E-state index in [4.69, 9.17) is 21.1 Å². The van der Waals surface area contributed by atoms with E-state index in [9.17, 15) is 9.18 Å². The van der Waals surface area contributed by atoms with E-state index in [-0.39, 0.29) is 17.7 Å². The highest BCUT2D eigenvalue weighted by atomic mass is 35.5. The van der Waals surface area contributed by atoms with Crippen molar-refractivity contribution in [1.29, 1.82) is 0 Å². The van der Waals surface area contributed by atoms with Gasteiger partial charge in [-0.1, -0.05) is 29.8 Å². The Morgan fingerprint density at radius 2 is 1.74 bits per heavy atom. The molecule has 0 bridgehead atoms. The number of carbonyl (C=O) groups excluding carboxylic acids is 1. The summed E-state index contributed by atoms with van der Waals surface area (Å²) in [4.78, 5) is 20.7. The van der Waals surface area contributed by atoms with Crippen LogP contribution >= 0.6 is 11.6 Å². The van der Waals surface area contributed by atoms with Crippen molar-refractivity contribution < 1.29 is 18.7 Å². The summed E-state index contributed by atoms with van der Waals surface area (Å²) in [5.74, 6) is 0.149. The van der Waals surface area contributed by atoms with E-state index in [0.29, 0.717) is 53.9 Å². The Bertz CT molecular complexity index is 1370.